The van der Waals surface area contributed by atoms with Crippen molar-refractivity contribution in [2.45, 2.75) is 26.3 Å². The molecule has 28 heavy (non-hydrogen) atoms. The molecule has 1 aliphatic heterocycles. The van der Waals surface area contributed by atoms with Gasteiger partial charge in [-0.15, -0.1) is 0 Å². The van der Waals surface area contributed by atoms with Gasteiger partial charge in [0.25, 0.3) is 5.91 Å². The lowest BCUT2D eigenvalue weighted by Crippen LogP contribution is -2.49. The van der Waals surface area contributed by atoms with Crippen LogP contribution in [0.25, 0.3) is 22.0 Å². The molecule has 1 atom stereocenters. The van der Waals surface area contributed by atoms with E-state index < -0.39 is 0 Å². The third kappa shape index (κ3) is 3.78. The molecule has 1 fully saturated rings. The summed E-state index contributed by atoms with van der Waals surface area (Å²) >= 11 is 0. The van der Waals surface area contributed by atoms with Gasteiger partial charge < -0.3 is 9.64 Å². The summed E-state index contributed by atoms with van der Waals surface area (Å²) in [6.07, 6.45) is 2.78. The Balaban J connectivity index is 1.59. The van der Waals surface area contributed by atoms with Crippen molar-refractivity contribution in [3.05, 3.63) is 66.4 Å². The smallest absolute Gasteiger partial charge is 0.254 e. The zero-order chi connectivity index (χ0) is 19.5. The molecule has 1 aliphatic rings. The topological polar surface area (TPSA) is 42.4 Å². The molecule has 3 aromatic rings. The van der Waals surface area contributed by atoms with E-state index in [-0.39, 0.29) is 11.9 Å². The van der Waals surface area contributed by atoms with Gasteiger partial charge in [0.15, 0.2) is 0 Å². The normalized spacial score (nSPS) is 17.2. The highest BCUT2D eigenvalue weighted by atomic mass is 16.5. The molecule has 4 rings (SSSR count). The van der Waals surface area contributed by atoms with Crippen molar-refractivity contribution in [1.29, 1.82) is 0 Å². The molecule has 144 valence electrons. The Kier molecular flexibility index (Phi) is 5.40. The van der Waals surface area contributed by atoms with Gasteiger partial charge in [0, 0.05) is 29.3 Å². The van der Waals surface area contributed by atoms with E-state index in [1.807, 2.05) is 47.5 Å². The van der Waals surface area contributed by atoms with Gasteiger partial charge in [0.2, 0.25) is 0 Å². The number of hydrogen-bond acceptors (Lipinski definition) is 3. The van der Waals surface area contributed by atoms with E-state index in [1.54, 1.807) is 0 Å². The van der Waals surface area contributed by atoms with Crippen LogP contribution in [-0.2, 0) is 4.74 Å². The minimum atomic E-state index is 0.0940. The maximum absolute atomic E-state index is 13.1. The lowest BCUT2D eigenvalue weighted by Gasteiger charge is -2.36. The summed E-state index contributed by atoms with van der Waals surface area (Å²) in [6, 6.07) is 18.3. The van der Waals surface area contributed by atoms with Crippen molar-refractivity contribution in [3.8, 4) is 11.1 Å². The molecule has 4 nitrogen and oxygen atoms in total. The zero-order valence-electron chi connectivity index (χ0n) is 16.5. The highest BCUT2D eigenvalue weighted by Crippen LogP contribution is 2.28. The van der Waals surface area contributed by atoms with Crippen LogP contribution < -0.4 is 0 Å². The second-order valence-electron chi connectivity index (χ2n) is 7.81. The first-order chi connectivity index (χ1) is 13.6. The Morgan fingerprint density at radius 1 is 1.14 bits per heavy atom. The summed E-state index contributed by atoms with van der Waals surface area (Å²) in [5.41, 5.74) is 3.87. The molecule has 2 heterocycles. The predicted octanol–water partition coefficient (Wildman–Crippen LogP) is 4.79. The molecule has 1 saturated heterocycles. The summed E-state index contributed by atoms with van der Waals surface area (Å²) in [5.74, 6) is 0.625. The first-order valence-corrected chi connectivity index (χ1v) is 9.96. The molecule has 0 saturated carbocycles. The number of ether oxygens (including phenoxy) is 1. The van der Waals surface area contributed by atoms with Crippen LogP contribution in [0.4, 0.5) is 0 Å². The molecule has 0 aliphatic carbocycles. The predicted molar refractivity (Wildman–Crippen MR) is 112 cm³/mol. The van der Waals surface area contributed by atoms with Gasteiger partial charge in [-0.2, -0.15) is 0 Å². The standard InChI is InChI=1S/C24H26N2O2/c1-17(2)15-21-16-28-14-13-26(21)24(27)20-10-8-18(9-11-20)22-7-3-5-19-6-4-12-25-23(19)22/h3-12,17,21H,13-16H2,1-2H3/t21-/m0/s1. The molecule has 1 aromatic heterocycles. The zero-order valence-corrected chi connectivity index (χ0v) is 16.5. The summed E-state index contributed by atoms with van der Waals surface area (Å²) in [6.45, 7) is 6.27. The fourth-order valence-electron chi connectivity index (χ4n) is 3.96. The van der Waals surface area contributed by atoms with Crippen LogP contribution in [0.3, 0.4) is 0 Å². The van der Waals surface area contributed by atoms with E-state index in [0.717, 1.165) is 34.0 Å². The van der Waals surface area contributed by atoms with Crippen molar-refractivity contribution < 1.29 is 9.53 Å². The molecule has 4 heteroatoms. The molecule has 0 spiro atoms. The highest BCUT2D eigenvalue weighted by Gasteiger charge is 2.28. The molecular weight excluding hydrogens is 348 g/mol. The van der Waals surface area contributed by atoms with Gasteiger partial charge in [-0.05, 0) is 36.1 Å². The molecule has 1 amide bonds. The lowest BCUT2D eigenvalue weighted by atomic mass is 9.99. The molecular formula is C24H26N2O2. The van der Waals surface area contributed by atoms with Crippen molar-refractivity contribution in [3.63, 3.8) is 0 Å². The third-order valence-electron chi connectivity index (χ3n) is 5.31. The van der Waals surface area contributed by atoms with Gasteiger partial charge in [0.05, 0.1) is 24.8 Å². The molecule has 0 N–H and O–H groups in total. The van der Waals surface area contributed by atoms with Crippen LogP contribution >= 0.6 is 0 Å². The number of para-hydroxylation sites is 1. The first kappa shape index (κ1) is 18.6. The van der Waals surface area contributed by atoms with E-state index in [4.69, 9.17) is 4.74 Å². The van der Waals surface area contributed by atoms with Crippen LogP contribution in [0.1, 0.15) is 30.6 Å². The Hall–Kier alpha value is -2.72. The van der Waals surface area contributed by atoms with E-state index in [0.29, 0.717) is 25.7 Å². The number of aromatic nitrogens is 1. The van der Waals surface area contributed by atoms with Crippen LogP contribution in [-0.4, -0.2) is 41.6 Å². The number of amides is 1. The van der Waals surface area contributed by atoms with Crippen LogP contribution in [0, 0.1) is 5.92 Å². The lowest BCUT2D eigenvalue weighted by molar-refractivity contribution is -0.00746. The molecule has 0 unspecified atom stereocenters. The highest BCUT2D eigenvalue weighted by molar-refractivity contribution is 5.97. The van der Waals surface area contributed by atoms with Crippen molar-refractivity contribution in [2.75, 3.05) is 19.8 Å². The fraction of sp³-hybridized carbons (Fsp3) is 0.333. The summed E-state index contributed by atoms with van der Waals surface area (Å²) in [7, 11) is 0. The SMILES string of the molecule is CC(C)C[C@H]1COCCN1C(=O)c1ccc(-c2cccc3cccnc23)cc1. The molecule has 0 radical (unpaired) electrons. The second kappa shape index (κ2) is 8.11. The monoisotopic (exact) mass is 374 g/mol. The van der Waals surface area contributed by atoms with Crippen molar-refractivity contribution >= 4 is 16.8 Å². The Morgan fingerprint density at radius 2 is 1.93 bits per heavy atom. The van der Waals surface area contributed by atoms with Gasteiger partial charge >= 0.3 is 0 Å². The van der Waals surface area contributed by atoms with Crippen LogP contribution in [0.2, 0.25) is 0 Å². The Bertz CT molecular complexity index is 961. The minimum Gasteiger partial charge on any atom is -0.377 e. The molecule has 0 bridgehead atoms. The van der Waals surface area contributed by atoms with E-state index in [1.165, 1.54) is 0 Å². The maximum Gasteiger partial charge on any atom is 0.254 e. The number of benzene rings is 2. The molecule has 2 aromatic carbocycles. The minimum absolute atomic E-state index is 0.0940. The number of hydrogen-bond donors (Lipinski definition) is 0. The number of pyridine rings is 1. The third-order valence-corrected chi connectivity index (χ3v) is 5.31. The van der Waals surface area contributed by atoms with Crippen molar-refractivity contribution in [2.24, 2.45) is 5.92 Å². The number of morpholine rings is 1. The van der Waals surface area contributed by atoms with Gasteiger partial charge in [0.1, 0.15) is 0 Å². The largest absolute Gasteiger partial charge is 0.377 e. The Morgan fingerprint density at radius 3 is 2.71 bits per heavy atom. The quantitative estimate of drug-likeness (QED) is 0.659. The summed E-state index contributed by atoms with van der Waals surface area (Å²) in [5, 5.41) is 1.12. The average molecular weight is 374 g/mol. The van der Waals surface area contributed by atoms with Gasteiger partial charge in [-0.1, -0.05) is 50.2 Å². The second-order valence-corrected chi connectivity index (χ2v) is 7.81. The number of nitrogens with zero attached hydrogens (tertiary/aromatic N) is 2. The van der Waals surface area contributed by atoms with Gasteiger partial charge in [-0.25, -0.2) is 0 Å². The number of carbonyl (C=O) groups is 1. The van der Waals surface area contributed by atoms with Crippen LogP contribution in [0.15, 0.2) is 60.8 Å². The first-order valence-electron chi connectivity index (χ1n) is 9.96. The average Bonchev–Trinajstić information content (AvgIpc) is 2.73. The number of rotatable bonds is 4. The van der Waals surface area contributed by atoms with E-state index in [9.17, 15) is 4.79 Å². The van der Waals surface area contributed by atoms with Crippen molar-refractivity contribution in [1.82, 2.24) is 9.88 Å². The maximum atomic E-state index is 13.1. The number of carbonyl (C=O) groups excluding carboxylic acids is 1. The van der Waals surface area contributed by atoms with E-state index >= 15 is 0 Å². The summed E-state index contributed by atoms with van der Waals surface area (Å²) in [4.78, 5) is 19.6. The summed E-state index contributed by atoms with van der Waals surface area (Å²) < 4.78 is 5.62. The van der Waals surface area contributed by atoms with E-state index in [2.05, 4.69) is 37.0 Å². The number of fused-ring (bicyclic) bond motifs is 1. The van der Waals surface area contributed by atoms with Gasteiger partial charge in [-0.3, -0.25) is 9.78 Å². The Labute approximate surface area is 166 Å². The fourth-order valence-corrected chi connectivity index (χ4v) is 3.96. The van der Waals surface area contributed by atoms with Crippen LogP contribution in [0.5, 0.6) is 0 Å².